The fourth-order valence-corrected chi connectivity index (χ4v) is 3.48. The van der Waals surface area contributed by atoms with E-state index in [0.717, 1.165) is 42.5 Å². The lowest BCUT2D eigenvalue weighted by Gasteiger charge is -2.29. The molecule has 0 amide bonds. The topological polar surface area (TPSA) is 64.8 Å². The highest BCUT2D eigenvalue weighted by molar-refractivity contribution is 6.38. The van der Waals surface area contributed by atoms with Crippen LogP contribution in [0.3, 0.4) is 0 Å². The average molecular weight is 329 g/mol. The standard InChI is InChI=1S/C17H17ClN4O/c1-2-10-5-7-22(8-6-10)14-4-3-12-11(15(14)18)9-13-16(19-12)21-17(23)20-13/h3-5,9H,2,6-8H2,1H3,(H2,19,20,21,23). The SMILES string of the molecule is CCC1=CCN(c2ccc3nc4[nH]c(=O)[nH]c4cc3c2Cl)CC1. The van der Waals surface area contributed by atoms with E-state index in [4.69, 9.17) is 11.6 Å². The van der Waals surface area contributed by atoms with Gasteiger partial charge in [-0.1, -0.05) is 30.2 Å². The number of aromatic nitrogens is 3. The predicted octanol–water partition coefficient (Wildman–Crippen LogP) is 3.60. The van der Waals surface area contributed by atoms with Crippen LogP contribution in [0.15, 0.2) is 34.6 Å². The third-order valence-electron chi connectivity index (χ3n) is 4.49. The molecule has 1 aliphatic heterocycles. The molecule has 0 radical (unpaired) electrons. The largest absolute Gasteiger partial charge is 0.366 e. The number of hydrogen-bond acceptors (Lipinski definition) is 3. The van der Waals surface area contributed by atoms with E-state index in [1.807, 2.05) is 18.2 Å². The summed E-state index contributed by atoms with van der Waals surface area (Å²) in [4.78, 5) is 23.6. The maximum atomic E-state index is 11.4. The van der Waals surface area contributed by atoms with Crippen molar-refractivity contribution in [3.63, 3.8) is 0 Å². The van der Waals surface area contributed by atoms with E-state index < -0.39 is 0 Å². The minimum absolute atomic E-state index is 0.257. The molecule has 2 aromatic heterocycles. The lowest BCUT2D eigenvalue weighted by atomic mass is 10.0. The summed E-state index contributed by atoms with van der Waals surface area (Å²) in [5, 5.41) is 1.55. The molecular weight excluding hydrogens is 312 g/mol. The second-order valence-corrected chi connectivity index (χ2v) is 6.22. The van der Waals surface area contributed by atoms with Crippen LogP contribution in [0.25, 0.3) is 22.1 Å². The van der Waals surface area contributed by atoms with Gasteiger partial charge in [-0.2, -0.15) is 0 Å². The van der Waals surface area contributed by atoms with Crippen molar-refractivity contribution >= 4 is 39.4 Å². The van der Waals surface area contributed by atoms with Crippen molar-refractivity contribution in [3.05, 3.63) is 45.4 Å². The molecule has 3 heterocycles. The van der Waals surface area contributed by atoms with Gasteiger partial charge in [-0.05, 0) is 31.0 Å². The van der Waals surface area contributed by atoms with Crippen molar-refractivity contribution in [2.75, 3.05) is 18.0 Å². The molecule has 1 aliphatic rings. The normalized spacial score (nSPS) is 15.4. The molecule has 0 spiro atoms. The smallest absolute Gasteiger partial charge is 0.325 e. The highest BCUT2D eigenvalue weighted by Gasteiger charge is 2.16. The van der Waals surface area contributed by atoms with Crippen LogP contribution in [0.2, 0.25) is 5.02 Å². The van der Waals surface area contributed by atoms with E-state index in [1.54, 1.807) is 0 Å². The molecule has 23 heavy (non-hydrogen) atoms. The Morgan fingerprint density at radius 1 is 1.35 bits per heavy atom. The highest BCUT2D eigenvalue weighted by Crippen LogP contribution is 2.35. The molecule has 0 aliphatic carbocycles. The number of imidazole rings is 1. The van der Waals surface area contributed by atoms with E-state index in [9.17, 15) is 4.79 Å². The molecule has 3 aromatic rings. The Morgan fingerprint density at radius 3 is 2.96 bits per heavy atom. The number of nitrogens with one attached hydrogen (secondary N) is 2. The summed E-state index contributed by atoms with van der Waals surface area (Å²) in [6, 6.07) is 5.86. The van der Waals surface area contributed by atoms with E-state index in [2.05, 4.69) is 32.9 Å². The summed E-state index contributed by atoms with van der Waals surface area (Å²) in [5.74, 6) is 0. The van der Waals surface area contributed by atoms with E-state index in [0.29, 0.717) is 16.2 Å². The van der Waals surface area contributed by atoms with E-state index in [-0.39, 0.29) is 5.69 Å². The van der Waals surface area contributed by atoms with Crippen LogP contribution >= 0.6 is 11.6 Å². The van der Waals surface area contributed by atoms with Gasteiger partial charge in [0.1, 0.15) is 0 Å². The maximum absolute atomic E-state index is 11.4. The molecule has 118 valence electrons. The van der Waals surface area contributed by atoms with E-state index >= 15 is 0 Å². The first-order valence-electron chi connectivity index (χ1n) is 7.80. The number of anilines is 1. The fraction of sp³-hybridized carbons (Fsp3) is 0.294. The van der Waals surface area contributed by atoms with Gasteiger partial charge in [-0.3, -0.25) is 4.98 Å². The van der Waals surface area contributed by atoms with Gasteiger partial charge in [-0.25, -0.2) is 9.78 Å². The van der Waals surface area contributed by atoms with Gasteiger partial charge >= 0.3 is 5.69 Å². The molecule has 0 unspecified atom stereocenters. The number of H-pyrrole nitrogens is 2. The van der Waals surface area contributed by atoms with Crippen LogP contribution in [0.1, 0.15) is 19.8 Å². The molecule has 1 aromatic carbocycles. The van der Waals surface area contributed by atoms with Crippen LogP contribution in [0.4, 0.5) is 5.69 Å². The Labute approximate surface area is 138 Å². The molecular formula is C17H17ClN4O. The predicted molar refractivity (Wildman–Crippen MR) is 94.4 cm³/mol. The minimum Gasteiger partial charge on any atom is -0.366 e. The van der Waals surface area contributed by atoms with Crippen LogP contribution in [-0.4, -0.2) is 28.0 Å². The first-order valence-corrected chi connectivity index (χ1v) is 8.17. The minimum atomic E-state index is -0.257. The Kier molecular flexibility index (Phi) is 3.38. The summed E-state index contributed by atoms with van der Waals surface area (Å²) < 4.78 is 0. The Balaban J connectivity index is 1.82. The third-order valence-corrected chi connectivity index (χ3v) is 4.89. The first kappa shape index (κ1) is 14.3. The van der Waals surface area contributed by atoms with Gasteiger partial charge in [0.15, 0.2) is 5.65 Å². The molecule has 0 saturated heterocycles. The summed E-state index contributed by atoms with van der Waals surface area (Å²) in [6.07, 6.45) is 4.48. The van der Waals surface area contributed by atoms with Gasteiger partial charge in [0.2, 0.25) is 0 Å². The lowest BCUT2D eigenvalue weighted by molar-refractivity contribution is 0.764. The quantitative estimate of drug-likeness (QED) is 0.706. The summed E-state index contributed by atoms with van der Waals surface area (Å²) >= 11 is 6.65. The lowest BCUT2D eigenvalue weighted by Crippen LogP contribution is -2.28. The fourth-order valence-electron chi connectivity index (χ4n) is 3.15. The second kappa shape index (κ2) is 5.42. The van der Waals surface area contributed by atoms with Gasteiger partial charge in [0.25, 0.3) is 0 Å². The molecule has 0 saturated carbocycles. The molecule has 0 fully saturated rings. The molecule has 5 nitrogen and oxygen atoms in total. The summed E-state index contributed by atoms with van der Waals surface area (Å²) in [5.41, 5.74) is 4.28. The maximum Gasteiger partial charge on any atom is 0.325 e. The van der Waals surface area contributed by atoms with Crippen LogP contribution in [0, 0.1) is 0 Å². The molecule has 0 bridgehead atoms. The number of benzene rings is 1. The first-order chi connectivity index (χ1) is 11.2. The number of aromatic amines is 2. The number of halogens is 1. The third kappa shape index (κ3) is 2.41. The zero-order valence-corrected chi connectivity index (χ0v) is 13.6. The van der Waals surface area contributed by atoms with Crippen molar-refractivity contribution in [1.29, 1.82) is 0 Å². The zero-order valence-electron chi connectivity index (χ0n) is 12.8. The van der Waals surface area contributed by atoms with Crippen molar-refractivity contribution in [1.82, 2.24) is 15.0 Å². The van der Waals surface area contributed by atoms with Gasteiger partial charge < -0.3 is 9.88 Å². The number of hydrogen-bond donors (Lipinski definition) is 2. The monoisotopic (exact) mass is 328 g/mol. The number of pyridine rings is 1. The average Bonchev–Trinajstić information content (AvgIpc) is 2.93. The molecule has 4 rings (SSSR count). The van der Waals surface area contributed by atoms with Crippen LogP contribution < -0.4 is 10.6 Å². The Hall–Kier alpha value is -2.27. The van der Waals surface area contributed by atoms with Crippen molar-refractivity contribution in [3.8, 4) is 0 Å². The highest BCUT2D eigenvalue weighted by atomic mass is 35.5. The molecule has 0 atom stereocenters. The molecule has 2 N–H and O–H groups in total. The summed E-state index contributed by atoms with van der Waals surface area (Å²) in [7, 11) is 0. The number of fused-ring (bicyclic) bond motifs is 2. The van der Waals surface area contributed by atoms with Gasteiger partial charge in [0.05, 0.1) is 21.7 Å². The van der Waals surface area contributed by atoms with Crippen LogP contribution in [-0.2, 0) is 0 Å². The van der Waals surface area contributed by atoms with Crippen molar-refractivity contribution < 1.29 is 0 Å². The second-order valence-electron chi connectivity index (χ2n) is 5.84. The Bertz CT molecular complexity index is 985. The zero-order chi connectivity index (χ0) is 16.0. The Morgan fingerprint density at radius 2 is 2.22 bits per heavy atom. The van der Waals surface area contributed by atoms with Crippen LogP contribution in [0.5, 0.6) is 0 Å². The summed E-state index contributed by atoms with van der Waals surface area (Å²) in [6.45, 7) is 4.05. The number of rotatable bonds is 2. The van der Waals surface area contributed by atoms with E-state index in [1.165, 1.54) is 5.57 Å². The van der Waals surface area contributed by atoms with Crippen molar-refractivity contribution in [2.24, 2.45) is 0 Å². The molecule has 6 heteroatoms. The van der Waals surface area contributed by atoms with Crippen molar-refractivity contribution in [2.45, 2.75) is 19.8 Å². The van der Waals surface area contributed by atoms with Gasteiger partial charge in [0, 0.05) is 18.5 Å². The number of nitrogens with zero attached hydrogens (tertiary/aromatic N) is 2. The van der Waals surface area contributed by atoms with Gasteiger partial charge in [-0.15, -0.1) is 0 Å².